The molecule has 0 aliphatic carbocycles. The number of thiophene rings is 1. The maximum Gasteiger partial charge on any atom is 0.323 e. The number of anilines is 2. The number of nitrogens with zero attached hydrogens (tertiary/aromatic N) is 3. The summed E-state index contributed by atoms with van der Waals surface area (Å²) >= 11 is 1.71. The van der Waals surface area contributed by atoms with E-state index in [1.54, 1.807) is 18.4 Å². The van der Waals surface area contributed by atoms with Crippen molar-refractivity contribution in [3.8, 4) is 6.01 Å². The molecule has 2 aromatic rings. The number of nitrogens with one attached hydrogen (secondary N) is 2. The summed E-state index contributed by atoms with van der Waals surface area (Å²) in [5, 5.41) is 8.15. The van der Waals surface area contributed by atoms with Gasteiger partial charge in [0.1, 0.15) is 0 Å². The van der Waals surface area contributed by atoms with Crippen molar-refractivity contribution in [3.05, 3.63) is 21.9 Å². The van der Waals surface area contributed by atoms with Gasteiger partial charge in [-0.3, -0.25) is 0 Å². The minimum Gasteiger partial charge on any atom is -0.464 e. The first-order chi connectivity index (χ1) is 9.22. The van der Waals surface area contributed by atoms with E-state index in [1.165, 1.54) is 10.4 Å². The second-order valence-corrected chi connectivity index (χ2v) is 4.83. The van der Waals surface area contributed by atoms with E-state index in [0.717, 1.165) is 0 Å². The fourth-order valence-corrected chi connectivity index (χ4v) is 2.33. The van der Waals surface area contributed by atoms with Crippen molar-refractivity contribution >= 4 is 23.2 Å². The summed E-state index contributed by atoms with van der Waals surface area (Å²) < 4.78 is 5.31. The predicted octanol–water partition coefficient (Wildman–Crippen LogP) is 2.29. The van der Waals surface area contributed by atoms with Crippen molar-refractivity contribution in [3.63, 3.8) is 0 Å². The van der Waals surface area contributed by atoms with Gasteiger partial charge in [0.2, 0.25) is 11.9 Å². The van der Waals surface area contributed by atoms with E-state index >= 15 is 0 Å². The average molecular weight is 279 g/mol. The molecule has 0 aliphatic rings. The summed E-state index contributed by atoms with van der Waals surface area (Å²) in [6.07, 6.45) is 0. The van der Waals surface area contributed by atoms with E-state index in [9.17, 15) is 0 Å². The van der Waals surface area contributed by atoms with Crippen molar-refractivity contribution in [1.82, 2.24) is 15.0 Å². The molecule has 0 spiro atoms. The van der Waals surface area contributed by atoms with E-state index in [4.69, 9.17) is 4.74 Å². The zero-order chi connectivity index (χ0) is 13.7. The van der Waals surface area contributed by atoms with E-state index in [2.05, 4.69) is 44.0 Å². The third-order valence-corrected chi connectivity index (χ3v) is 3.51. The quantitative estimate of drug-likeness (QED) is 0.845. The monoisotopic (exact) mass is 279 g/mol. The lowest BCUT2D eigenvalue weighted by Gasteiger charge is -2.08. The number of aryl methyl sites for hydroxylation is 1. The van der Waals surface area contributed by atoms with Crippen LogP contribution in [0.2, 0.25) is 0 Å². The van der Waals surface area contributed by atoms with Crippen molar-refractivity contribution < 1.29 is 4.74 Å². The molecule has 2 aromatic heterocycles. The van der Waals surface area contributed by atoms with Gasteiger partial charge in [0.15, 0.2) is 0 Å². The van der Waals surface area contributed by atoms with Gasteiger partial charge in [0, 0.05) is 11.9 Å². The minimum absolute atomic E-state index is 0.326. The summed E-state index contributed by atoms with van der Waals surface area (Å²) in [7, 11) is 1.76. The lowest BCUT2D eigenvalue weighted by Crippen LogP contribution is -2.09. The lowest BCUT2D eigenvalue weighted by molar-refractivity contribution is 0.312. The smallest absolute Gasteiger partial charge is 0.323 e. The standard InChI is InChI=1S/C12H17N5OS/c1-4-18-12-16-10(13-3)15-11(17-12)14-7-9-8(2)5-6-19-9/h5-6H,4,7H2,1-3H3,(H2,13,14,15,16,17). The number of ether oxygens (including phenoxy) is 1. The van der Waals surface area contributed by atoms with Gasteiger partial charge < -0.3 is 15.4 Å². The average Bonchev–Trinajstić information content (AvgIpc) is 2.82. The van der Waals surface area contributed by atoms with Gasteiger partial charge in [0.25, 0.3) is 0 Å². The maximum atomic E-state index is 5.31. The molecule has 2 heterocycles. The molecular formula is C12H17N5OS. The summed E-state index contributed by atoms with van der Waals surface area (Å²) in [4.78, 5) is 13.8. The first kappa shape index (κ1) is 13.5. The summed E-state index contributed by atoms with van der Waals surface area (Å²) in [6, 6.07) is 2.42. The Hall–Kier alpha value is -1.89. The van der Waals surface area contributed by atoms with Crippen LogP contribution in [-0.4, -0.2) is 28.6 Å². The molecule has 0 aromatic carbocycles. The fraction of sp³-hybridized carbons (Fsp3) is 0.417. The Morgan fingerprint density at radius 2 is 2.05 bits per heavy atom. The normalized spacial score (nSPS) is 10.3. The number of aromatic nitrogens is 3. The molecule has 7 heteroatoms. The van der Waals surface area contributed by atoms with Crippen LogP contribution in [0.3, 0.4) is 0 Å². The lowest BCUT2D eigenvalue weighted by atomic mass is 10.3. The fourth-order valence-electron chi connectivity index (χ4n) is 1.49. The number of hydrogen-bond acceptors (Lipinski definition) is 7. The maximum absolute atomic E-state index is 5.31. The first-order valence-electron chi connectivity index (χ1n) is 6.06. The molecule has 0 fully saturated rings. The van der Waals surface area contributed by atoms with Crippen LogP contribution in [0.15, 0.2) is 11.4 Å². The first-order valence-corrected chi connectivity index (χ1v) is 6.94. The van der Waals surface area contributed by atoms with Gasteiger partial charge in [-0.05, 0) is 30.9 Å². The molecular weight excluding hydrogens is 262 g/mol. The Morgan fingerprint density at radius 3 is 2.68 bits per heavy atom. The highest BCUT2D eigenvalue weighted by atomic mass is 32.1. The third-order valence-electron chi connectivity index (χ3n) is 2.49. The minimum atomic E-state index is 0.326. The Labute approximate surface area is 116 Å². The van der Waals surface area contributed by atoms with E-state index in [-0.39, 0.29) is 0 Å². The second-order valence-electron chi connectivity index (χ2n) is 3.83. The molecule has 102 valence electrons. The predicted molar refractivity (Wildman–Crippen MR) is 76.9 cm³/mol. The van der Waals surface area contributed by atoms with Crippen molar-refractivity contribution in [2.75, 3.05) is 24.3 Å². The Kier molecular flexibility index (Phi) is 4.51. The van der Waals surface area contributed by atoms with Crippen LogP contribution < -0.4 is 15.4 Å². The topological polar surface area (TPSA) is 72.0 Å². The van der Waals surface area contributed by atoms with E-state index < -0.39 is 0 Å². The van der Waals surface area contributed by atoms with E-state index in [0.29, 0.717) is 31.1 Å². The van der Waals surface area contributed by atoms with Crippen LogP contribution in [0.25, 0.3) is 0 Å². The van der Waals surface area contributed by atoms with Gasteiger partial charge in [-0.15, -0.1) is 11.3 Å². The Balaban J connectivity index is 2.10. The zero-order valence-electron chi connectivity index (χ0n) is 11.2. The summed E-state index contributed by atoms with van der Waals surface area (Å²) in [5.41, 5.74) is 1.27. The Bertz CT molecular complexity index is 543. The molecule has 0 aliphatic heterocycles. The number of rotatable bonds is 6. The molecule has 0 radical (unpaired) electrons. The van der Waals surface area contributed by atoms with E-state index in [1.807, 2.05) is 6.92 Å². The molecule has 0 atom stereocenters. The van der Waals surface area contributed by atoms with Crippen LogP contribution in [0.1, 0.15) is 17.4 Å². The van der Waals surface area contributed by atoms with Crippen LogP contribution in [0.4, 0.5) is 11.9 Å². The highest BCUT2D eigenvalue weighted by molar-refractivity contribution is 7.10. The van der Waals surface area contributed by atoms with Gasteiger partial charge in [-0.1, -0.05) is 0 Å². The zero-order valence-corrected chi connectivity index (χ0v) is 12.0. The van der Waals surface area contributed by atoms with Gasteiger partial charge in [-0.2, -0.15) is 15.0 Å². The molecule has 0 amide bonds. The van der Waals surface area contributed by atoms with Gasteiger partial charge in [0.05, 0.1) is 13.2 Å². The molecule has 19 heavy (non-hydrogen) atoms. The van der Waals surface area contributed by atoms with Gasteiger partial charge >= 0.3 is 6.01 Å². The Morgan fingerprint density at radius 1 is 1.26 bits per heavy atom. The number of hydrogen-bond donors (Lipinski definition) is 2. The second kappa shape index (κ2) is 6.33. The largest absolute Gasteiger partial charge is 0.464 e. The molecule has 0 saturated heterocycles. The SMILES string of the molecule is CCOc1nc(NC)nc(NCc2sccc2C)n1. The summed E-state index contributed by atoms with van der Waals surface area (Å²) in [5.74, 6) is 0.999. The van der Waals surface area contributed by atoms with Gasteiger partial charge in [-0.25, -0.2) is 0 Å². The van der Waals surface area contributed by atoms with Crippen LogP contribution in [-0.2, 0) is 6.54 Å². The van der Waals surface area contributed by atoms with Crippen LogP contribution in [0, 0.1) is 6.92 Å². The highest BCUT2D eigenvalue weighted by Gasteiger charge is 2.07. The van der Waals surface area contributed by atoms with Crippen molar-refractivity contribution in [2.24, 2.45) is 0 Å². The molecule has 2 rings (SSSR count). The van der Waals surface area contributed by atoms with Crippen molar-refractivity contribution in [2.45, 2.75) is 20.4 Å². The third kappa shape index (κ3) is 3.54. The van der Waals surface area contributed by atoms with Crippen molar-refractivity contribution in [1.29, 1.82) is 0 Å². The molecule has 0 saturated carbocycles. The molecule has 6 nitrogen and oxygen atoms in total. The van der Waals surface area contributed by atoms with Crippen LogP contribution in [0.5, 0.6) is 6.01 Å². The molecule has 0 unspecified atom stereocenters. The molecule has 0 bridgehead atoms. The molecule has 2 N–H and O–H groups in total. The highest BCUT2D eigenvalue weighted by Crippen LogP contribution is 2.17. The van der Waals surface area contributed by atoms with Crippen LogP contribution >= 0.6 is 11.3 Å². The summed E-state index contributed by atoms with van der Waals surface area (Å²) in [6.45, 7) is 5.20.